The maximum Gasteiger partial charge on any atom is 0.157 e. The van der Waals surface area contributed by atoms with Gasteiger partial charge in [0.2, 0.25) is 0 Å². The molecular formula is C17H18N6O. The van der Waals surface area contributed by atoms with Crippen LogP contribution >= 0.6 is 0 Å². The fourth-order valence-corrected chi connectivity index (χ4v) is 2.71. The zero-order valence-electron chi connectivity index (χ0n) is 13.7. The lowest BCUT2D eigenvalue weighted by Gasteiger charge is -2.08. The first-order valence-electron chi connectivity index (χ1n) is 7.77. The number of H-pyrrole nitrogens is 1. The highest BCUT2D eigenvalue weighted by Crippen LogP contribution is 2.31. The molecule has 0 saturated carbocycles. The van der Waals surface area contributed by atoms with Crippen molar-refractivity contribution in [1.82, 2.24) is 25.0 Å². The first-order chi connectivity index (χ1) is 11.7. The number of aromatic amines is 1. The van der Waals surface area contributed by atoms with Gasteiger partial charge in [0, 0.05) is 23.0 Å². The van der Waals surface area contributed by atoms with Crippen LogP contribution in [-0.4, -0.2) is 32.1 Å². The summed E-state index contributed by atoms with van der Waals surface area (Å²) in [4.78, 5) is 4.73. The summed E-state index contributed by atoms with van der Waals surface area (Å²) in [6.07, 6.45) is 5.57. The Morgan fingerprint density at radius 3 is 2.83 bits per heavy atom. The van der Waals surface area contributed by atoms with Crippen LogP contribution in [0.5, 0.6) is 5.75 Å². The third-order valence-corrected chi connectivity index (χ3v) is 4.00. The van der Waals surface area contributed by atoms with E-state index in [2.05, 4.69) is 34.5 Å². The Labute approximate surface area is 138 Å². The van der Waals surface area contributed by atoms with Gasteiger partial charge in [-0.2, -0.15) is 10.2 Å². The number of ether oxygens (including phenoxy) is 1. The standard InChI is InChI=1S/C17H18N6O/c1-10(2)23-9-11(7-19-23)20-17-16-14(8-18-22-16)13-6-12(24-3)4-5-15(13)21-17/h4-10H,1-3H3,(H,18,22)(H,20,21). The molecule has 7 heteroatoms. The predicted octanol–water partition coefficient (Wildman–Crippen LogP) is 3.64. The van der Waals surface area contributed by atoms with Crippen molar-refractivity contribution >= 4 is 33.3 Å². The summed E-state index contributed by atoms with van der Waals surface area (Å²) in [5.41, 5.74) is 2.62. The van der Waals surface area contributed by atoms with E-state index in [9.17, 15) is 0 Å². The molecule has 0 aliphatic rings. The van der Waals surface area contributed by atoms with Gasteiger partial charge in [-0.05, 0) is 32.0 Å². The minimum atomic E-state index is 0.310. The van der Waals surface area contributed by atoms with Gasteiger partial charge in [-0.15, -0.1) is 0 Å². The van der Waals surface area contributed by atoms with Crippen LogP contribution in [0.15, 0.2) is 36.8 Å². The van der Waals surface area contributed by atoms with Gasteiger partial charge in [-0.25, -0.2) is 4.98 Å². The Balaban J connectivity index is 1.83. The molecule has 0 saturated heterocycles. The van der Waals surface area contributed by atoms with Gasteiger partial charge in [0.05, 0.1) is 30.7 Å². The molecule has 0 aliphatic carbocycles. The summed E-state index contributed by atoms with van der Waals surface area (Å²) in [6.45, 7) is 4.18. The minimum Gasteiger partial charge on any atom is -0.497 e. The largest absolute Gasteiger partial charge is 0.497 e. The van der Waals surface area contributed by atoms with E-state index >= 15 is 0 Å². The molecule has 0 fully saturated rings. The molecule has 0 bridgehead atoms. The summed E-state index contributed by atoms with van der Waals surface area (Å²) in [5, 5.41) is 16.9. The monoisotopic (exact) mass is 322 g/mol. The zero-order chi connectivity index (χ0) is 16.7. The van der Waals surface area contributed by atoms with Gasteiger partial charge in [-0.3, -0.25) is 9.78 Å². The molecule has 2 N–H and O–H groups in total. The first-order valence-corrected chi connectivity index (χ1v) is 7.77. The van der Waals surface area contributed by atoms with E-state index in [4.69, 9.17) is 9.72 Å². The third-order valence-electron chi connectivity index (χ3n) is 4.00. The van der Waals surface area contributed by atoms with Gasteiger partial charge in [-0.1, -0.05) is 0 Å². The molecule has 0 spiro atoms. The SMILES string of the molecule is COc1ccc2nc(Nc3cnn(C(C)C)c3)c3[nH]ncc3c2c1. The number of methoxy groups -OCH3 is 1. The Hall–Kier alpha value is -3.09. The molecular weight excluding hydrogens is 304 g/mol. The summed E-state index contributed by atoms with van der Waals surface area (Å²) >= 11 is 0. The highest BCUT2D eigenvalue weighted by Gasteiger charge is 2.12. The van der Waals surface area contributed by atoms with Crippen LogP contribution in [0.4, 0.5) is 11.5 Å². The number of fused-ring (bicyclic) bond motifs is 3. The third kappa shape index (κ3) is 2.34. The second-order valence-corrected chi connectivity index (χ2v) is 5.93. The van der Waals surface area contributed by atoms with E-state index in [0.717, 1.165) is 39.1 Å². The van der Waals surface area contributed by atoms with Crippen LogP contribution in [0.3, 0.4) is 0 Å². The van der Waals surface area contributed by atoms with Crippen molar-refractivity contribution in [2.24, 2.45) is 0 Å². The number of rotatable bonds is 4. The molecule has 24 heavy (non-hydrogen) atoms. The molecule has 7 nitrogen and oxygen atoms in total. The van der Waals surface area contributed by atoms with E-state index in [1.165, 1.54) is 0 Å². The van der Waals surface area contributed by atoms with E-state index in [1.807, 2.05) is 35.3 Å². The molecule has 122 valence electrons. The predicted molar refractivity (Wildman–Crippen MR) is 93.8 cm³/mol. The second-order valence-electron chi connectivity index (χ2n) is 5.93. The molecule has 0 amide bonds. The Morgan fingerprint density at radius 2 is 2.08 bits per heavy atom. The molecule has 3 heterocycles. The van der Waals surface area contributed by atoms with E-state index in [-0.39, 0.29) is 0 Å². The number of hydrogen-bond donors (Lipinski definition) is 2. The maximum atomic E-state index is 5.31. The lowest BCUT2D eigenvalue weighted by molar-refractivity contribution is 0.415. The molecule has 4 rings (SSSR count). The lowest BCUT2D eigenvalue weighted by Crippen LogP contribution is -2.00. The van der Waals surface area contributed by atoms with Crippen molar-refractivity contribution in [1.29, 1.82) is 0 Å². The van der Waals surface area contributed by atoms with Crippen molar-refractivity contribution in [2.75, 3.05) is 12.4 Å². The molecule has 3 aromatic heterocycles. The topological polar surface area (TPSA) is 80.6 Å². The average Bonchev–Trinajstić information content (AvgIpc) is 3.24. The molecule has 0 unspecified atom stereocenters. The van der Waals surface area contributed by atoms with Crippen LogP contribution < -0.4 is 10.1 Å². The number of benzene rings is 1. The quantitative estimate of drug-likeness (QED) is 0.599. The smallest absolute Gasteiger partial charge is 0.157 e. The van der Waals surface area contributed by atoms with Crippen molar-refractivity contribution in [3.05, 3.63) is 36.8 Å². The Kier molecular flexibility index (Phi) is 3.34. The van der Waals surface area contributed by atoms with Gasteiger partial charge < -0.3 is 10.1 Å². The lowest BCUT2D eigenvalue weighted by atomic mass is 10.1. The van der Waals surface area contributed by atoms with Crippen LogP contribution in [0.25, 0.3) is 21.8 Å². The van der Waals surface area contributed by atoms with Crippen LogP contribution in [0, 0.1) is 0 Å². The van der Waals surface area contributed by atoms with E-state index in [0.29, 0.717) is 6.04 Å². The fraction of sp³-hybridized carbons (Fsp3) is 0.235. The molecule has 0 atom stereocenters. The van der Waals surface area contributed by atoms with Gasteiger partial charge in [0.25, 0.3) is 0 Å². The summed E-state index contributed by atoms with van der Waals surface area (Å²) < 4.78 is 7.21. The van der Waals surface area contributed by atoms with Gasteiger partial charge >= 0.3 is 0 Å². The van der Waals surface area contributed by atoms with Crippen LogP contribution in [0.2, 0.25) is 0 Å². The number of aromatic nitrogens is 5. The second kappa shape index (κ2) is 5.52. The number of nitrogens with one attached hydrogen (secondary N) is 2. The number of pyridine rings is 1. The van der Waals surface area contributed by atoms with Crippen molar-refractivity contribution in [2.45, 2.75) is 19.9 Å². The minimum absolute atomic E-state index is 0.310. The van der Waals surface area contributed by atoms with Gasteiger partial charge in [0.1, 0.15) is 11.3 Å². The number of nitrogens with zero attached hydrogens (tertiary/aromatic N) is 4. The van der Waals surface area contributed by atoms with Crippen molar-refractivity contribution in [3.8, 4) is 5.75 Å². The summed E-state index contributed by atoms with van der Waals surface area (Å²) in [6, 6.07) is 6.14. The maximum absolute atomic E-state index is 5.31. The molecule has 4 aromatic rings. The molecule has 0 aliphatic heterocycles. The Morgan fingerprint density at radius 1 is 1.21 bits per heavy atom. The van der Waals surface area contributed by atoms with Crippen molar-refractivity contribution in [3.63, 3.8) is 0 Å². The number of anilines is 2. The number of hydrogen-bond acceptors (Lipinski definition) is 5. The normalized spacial score (nSPS) is 11.5. The highest BCUT2D eigenvalue weighted by molar-refractivity contribution is 6.09. The van der Waals surface area contributed by atoms with Gasteiger partial charge in [0.15, 0.2) is 5.82 Å². The van der Waals surface area contributed by atoms with E-state index in [1.54, 1.807) is 13.3 Å². The average molecular weight is 322 g/mol. The Bertz CT molecular complexity index is 1020. The highest BCUT2D eigenvalue weighted by atomic mass is 16.5. The summed E-state index contributed by atoms with van der Waals surface area (Å²) in [7, 11) is 1.66. The summed E-state index contributed by atoms with van der Waals surface area (Å²) in [5.74, 6) is 1.52. The van der Waals surface area contributed by atoms with Crippen LogP contribution in [0.1, 0.15) is 19.9 Å². The van der Waals surface area contributed by atoms with Crippen LogP contribution in [-0.2, 0) is 0 Å². The molecule has 0 radical (unpaired) electrons. The zero-order valence-corrected chi connectivity index (χ0v) is 13.7. The van der Waals surface area contributed by atoms with E-state index < -0.39 is 0 Å². The molecule has 1 aromatic carbocycles. The fourth-order valence-electron chi connectivity index (χ4n) is 2.71. The first kappa shape index (κ1) is 14.5. The van der Waals surface area contributed by atoms with Crippen molar-refractivity contribution < 1.29 is 4.74 Å².